The van der Waals surface area contributed by atoms with Gasteiger partial charge in [-0.1, -0.05) is 0 Å². The van der Waals surface area contributed by atoms with E-state index >= 15 is 0 Å². The van der Waals surface area contributed by atoms with Gasteiger partial charge >= 0.3 is 0 Å². The second-order valence-electron chi connectivity index (χ2n) is 3.40. The third-order valence-corrected chi connectivity index (χ3v) is 2.57. The van der Waals surface area contributed by atoms with Crippen LogP contribution in [-0.4, -0.2) is 17.3 Å². The van der Waals surface area contributed by atoms with Gasteiger partial charge in [-0.25, -0.2) is 17.6 Å². The van der Waals surface area contributed by atoms with E-state index in [9.17, 15) is 17.6 Å². The average Bonchev–Trinajstić information content (AvgIpc) is 1.93. The van der Waals surface area contributed by atoms with E-state index in [2.05, 4.69) is 0 Å². The number of hydrogen-bond acceptors (Lipinski definition) is 0. The maximum atomic E-state index is 13.0. The van der Waals surface area contributed by atoms with Crippen LogP contribution in [0.1, 0.15) is 26.7 Å². The molecule has 0 aromatic carbocycles. The van der Waals surface area contributed by atoms with E-state index in [0.29, 0.717) is 6.92 Å². The van der Waals surface area contributed by atoms with Crippen LogP contribution in [0, 0.1) is 0 Å². The summed E-state index contributed by atoms with van der Waals surface area (Å²) in [5.74, 6) is -3.52. The fraction of sp³-hybridized carbons (Fsp3) is 1.00. The van der Waals surface area contributed by atoms with Gasteiger partial charge in [0.05, 0.1) is 0 Å². The minimum absolute atomic E-state index is 0.410. The van der Waals surface area contributed by atoms with Crippen molar-refractivity contribution in [2.24, 2.45) is 0 Å². The highest BCUT2D eigenvalue weighted by Crippen LogP contribution is 2.53. The first-order valence-electron chi connectivity index (χ1n) is 3.46. The Morgan fingerprint density at radius 1 is 0.909 bits per heavy atom. The molecule has 66 valence electrons. The van der Waals surface area contributed by atoms with Crippen LogP contribution in [0.25, 0.3) is 0 Å². The van der Waals surface area contributed by atoms with Gasteiger partial charge in [0, 0.05) is 6.42 Å². The summed E-state index contributed by atoms with van der Waals surface area (Å²) >= 11 is 0. The van der Waals surface area contributed by atoms with Crippen LogP contribution in [0.4, 0.5) is 17.6 Å². The fourth-order valence-corrected chi connectivity index (χ4v) is 1.24. The summed E-state index contributed by atoms with van der Waals surface area (Å²) < 4.78 is 51.3. The lowest BCUT2D eigenvalue weighted by molar-refractivity contribution is -0.147. The molecule has 0 N–H and O–H groups in total. The standard InChI is InChI=1S/C7H10F4/c1-5(8)3-4-7(10,11)6(5,2)9/h3-4H2,1-2H3. The van der Waals surface area contributed by atoms with E-state index < -0.39 is 30.1 Å². The molecular formula is C7H10F4. The third-order valence-electron chi connectivity index (χ3n) is 2.57. The smallest absolute Gasteiger partial charge is 0.240 e. The number of hydrogen-bond donors (Lipinski definition) is 0. The van der Waals surface area contributed by atoms with Gasteiger partial charge in [-0.15, -0.1) is 0 Å². The Morgan fingerprint density at radius 2 is 1.36 bits per heavy atom. The molecule has 0 aromatic heterocycles. The molecule has 0 spiro atoms. The van der Waals surface area contributed by atoms with Crippen molar-refractivity contribution in [3.8, 4) is 0 Å². The van der Waals surface area contributed by atoms with E-state index in [1.165, 1.54) is 0 Å². The van der Waals surface area contributed by atoms with Crippen molar-refractivity contribution in [2.45, 2.75) is 43.9 Å². The Morgan fingerprint density at radius 3 is 1.45 bits per heavy atom. The van der Waals surface area contributed by atoms with Crippen LogP contribution in [0.5, 0.6) is 0 Å². The summed E-state index contributed by atoms with van der Waals surface area (Å²) in [6, 6.07) is 0. The predicted molar refractivity (Wildman–Crippen MR) is 33.2 cm³/mol. The predicted octanol–water partition coefficient (Wildman–Crippen LogP) is 2.87. The first kappa shape index (κ1) is 8.81. The Balaban J connectivity index is 3.00. The van der Waals surface area contributed by atoms with Gasteiger partial charge in [0.1, 0.15) is 5.67 Å². The first-order valence-corrected chi connectivity index (χ1v) is 3.46. The lowest BCUT2D eigenvalue weighted by Crippen LogP contribution is -2.48. The van der Waals surface area contributed by atoms with E-state index in [1.807, 2.05) is 0 Å². The van der Waals surface area contributed by atoms with Gasteiger partial charge in [0.15, 0.2) is 0 Å². The highest BCUT2D eigenvalue weighted by atomic mass is 19.3. The third kappa shape index (κ3) is 0.948. The molecule has 2 unspecified atom stereocenters. The quantitative estimate of drug-likeness (QED) is 0.490. The summed E-state index contributed by atoms with van der Waals surface area (Å²) in [6.45, 7) is 1.51. The molecule has 0 radical (unpaired) electrons. The van der Waals surface area contributed by atoms with Crippen LogP contribution in [0.15, 0.2) is 0 Å². The van der Waals surface area contributed by atoms with Crippen molar-refractivity contribution < 1.29 is 17.6 Å². The minimum Gasteiger partial charge on any atom is -0.240 e. The summed E-state index contributed by atoms with van der Waals surface area (Å²) in [5.41, 5.74) is -5.41. The molecule has 1 aliphatic carbocycles. The van der Waals surface area contributed by atoms with Crippen molar-refractivity contribution >= 4 is 0 Å². The molecule has 0 saturated heterocycles. The maximum Gasteiger partial charge on any atom is 0.284 e. The van der Waals surface area contributed by atoms with Crippen LogP contribution in [0.2, 0.25) is 0 Å². The molecular weight excluding hydrogens is 160 g/mol. The van der Waals surface area contributed by atoms with Crippen molar-refractivity contribution in [2.75, 3.05) is 0 Å². The second kappa shape index (κ2) is 1.90. The Bertz CT molecular complexity index is 153. The summed E-state index contributed by atoms with van der Waals surface area (Å²) in [4.78, 5) is 0. The van der Waals surface area contributed by atoms with Crippen molar-refractivity contribution in [1.29, 1.82) is 0 Å². The van der Waals surface area contributed by atoms with Crippen LogP contribution < -0.4 is 0 Å². The van der Waals surface area contributed by atoms with E-state index in [-0.39, 0.29) is 0 Å². The molecule has 0 aromatic rings. The first-order chi connectivity index (χ1) is 4.71. The number of halogens is 4. The van der Waals surface area contributed by atoms with E-state index in [4.69, 9.17) is 0 Å². The van der Waals surface area contributed by atoms with E-state index in [0.717, 1.165) is 6.92 Å². The summed E-state index contributed by atoms with van der Waals surface area (Å²) in [5, 5.41) is 0. The van der Waals surface area contributed by atoms with Gasteiger partial charge in [-0.2, -0.15) is 0 Å². The van der Waals surface area contributed by atoms with Gasteiger partial charge in [-0.3, -0.25) is 0 Å². The summed E-state index contributed by atoms with van der Waals surface area (Å²) in [6.07, 6.45) is -1.11. The molecule has 0 heterocycles. The molecule has 1 aliphatic rings. The topological polar surface area (TPSA) is 0 Å². The molecule has 2 atom stereocenters. The number of rotatable bonds is 0. The Hall–Kier alpha value is -0.280. The molecule has 11 heavy (non-hydrogen) atoms. The molecule has 1 rings (SSSR count). The van der Waals surface area contributed by atoms with Crippen molar-refractivity contribution in [3.05, 3.63) is 0 Å². The normalized spacial score (nSPS) is 49.6. The Labute approximate surface area is 62.6 Å². The molecule has 1 saturated carbocycles. The molecule has 0 bridgehead atoms. The molecule has 0 aliphatic heterocycles. The highest BCUT2D eigenvalue weighted by Gasteiger charge is 2.67. The zero-order chi connectivity index (χ0) is 8.91. The van der Waals surface area contributed by atoms with Crippen LogP contribution in [0.3, 0.4) is 0 Å². The maximum absolute atomic E-state index is 13.0. The zero-order valence-corrected chi connectivity index (χ0v) is 6.43. The average molecular weight is 170 g/mol. The van der Waals surface area contributed by atoms with Crippen LogP contribution in [-0.2, 0) is 0 Å². The molecule has 0 nitrogen and oxygen atoms in total. The minimum atomic E-state index is -3.52. The van der Waals surface area contributed by atoms with Crippen molar-refractivity contribution in [3.63, 3.8) is 0 Å². The van der Waals surface area contributed by atoms with Crippen LogP contribution >= 0.6 is 0 Å². The highest BCUT2D eigenvalue weighted by molar-refractivity contribution is 5.10. The van der Waals surface area contributed by atoms with Gasteiger partial charge in [0.2, 0.25) is 5.67 Å². The molecule has 1 fully saturated rings. The number of alkyl halides is 4. The SMILES string of the molecule is CC1(F)CCC(F)(F)C1(C)F. The van der Waals surface area contributed by atoms with Gasteiger partial charge in [0.25, 0.3) is 5.92 Å². The molecule has 0 amide bonds. The molecule has 4 heteroatoms. The summed E-state index contributed by atoms with van der Waals surface area (Å²) in [7, 11) is 0. The van der Waals surface area contributed by atoms with Gasteiger partial charge in [-0.05, 0) is 20.3 Å². The largest absolute Gasteiger partial charge is 0.284 e. The van der Waals surface area contributed by atoms with Gasteiger partial charge < -0.3 is 0 Å². The lowest BCUT2D eigenvalue weighted by Gasteiger charge is -2.30. The fourth-order valence-electron chi connectivity index (χ4n) is 1.24. The second-order valence-corrected chi connectivity index (χ2v) is 3.40. The zero-order valence-electron chi connectivity index (χ0n) is 6.43. The lowest BCUT2D eigenvalue weighted by atomic mass is 9.92. The Kier molecular flexibility index (Phi) is 1.52. The monoisotopic (exact) mass is 170 g/mol. The van der Waals surface area contributed by atoms with Crippen molar-refractivity contribution in [1.82, 2.24) is 0 Å². The van der Waals surface area contributed by atoms with E-state index in [1.54, 1.807) is 0 Å².